The Morgan fingerprint density at radius 3 is 2.80 bits per heavy atom. The first-order chi connectivity index (χ1) is 11.9. The van der Waals surface area contributed by atoms with Crippen LogP contribution in [0.4, 0.5) is 0 Å². The molecule has 0 amide bonds. The summed E-state index contributed by atoms with van der Waals surface area (Å²) in [5, 5.41) is 10.4. The highest BCUT2D eigenvalue weighted by Crippen LogP contribution is 2.48. The van der Waals surface area contributed by atoms with Gasteiger partial charge in [0.2, 0.25) is 0 Å². The van der Waals surface area contributed by atoms with E-state index < -0.39 is 10.4 Å². The molecule has 0 saturated carbocycles. The van der Waals surface area contributed by atoms with Crippen molar-refractivity contribution in [2.45, 2.75) is 31.6 Å². The van der Waals surface area contributed by atoms with Crippen LogP contribution in [0.2, 0.25) is 0 Å². The van der Waals surface area contributed by atoms with Gasteiger partial charge in [-0.3, -0.25) is 0 Å². The summed E-state index contributed by atoms with van der Waals surface area (Å²) in [6, 6.07) is 8.62. The van der Waals surface area contributed by atoms with Gasteiger partial charge in [0.15, 0.2) is 0 Å². The molecule has 0 spiro atoms. The molecule has 4 rings (SSSR count). The van der Waals surface area contributed by atoms with E-state index in [1.54, 1.807) is 12.1 Å². The number of hydrogen-bond donors (Lipinski definition) is 1. The summed E-state index contributed by atoms with van der Waals surface area (Å²) < 4.78 is 38.3. The number of hydrogen-bond acceptors (Lipinski definition) is 5. The molecule has 1 atom stereocenters. The van der Waals surface area contributed by atoms with Gasteiger partial charge in [-0.25, -0.2) is 8.42 Å². The summed E-state index contributed by atoms with van der Waals surface area (Å²) >= 11 is 0. The fourth-order valence-corrected chi connectivity index (χ4v) is 4.20. The van der Waals surface area contributed by atoms with Crippen LogP contribution in [0, 0.1) is 0 Å². The molecular formula is C19H17O5S-. The zero-order valence-electron chi connectivity index (χ0n) is 13.4. The highest BCUT2D eigenvalue weighted by atomic mass is 32.3. The lowest BCUT2D eigenvalue weighted by Gasteiger charge is -2.21. The summed E-state index contributed by atoms with van der Waals surface area (Å²) in [6.07, 6.45) is 7.76. The SMILES string of the molecule is O=S(=O)([O-])Oc1ccc2c3c1-c1cc(ccc1O)CC/C=C/[C@@H]3CC2. The first-order valence-corrected chi connectivity index (χ1v) is 9.56. The fraction of sp³-hybridized carbons (Fsp3) is 0.263. The van der Waals surface area contributed by atoms with Gasteiger partial charge in [-0.05, 0) is 60.6 Å². The van der Waals surface area contributed by atoms with Crippen LogP contribution in [-0.4, -0.2) is 18.1 Å². The Labute approximate surface area is 146 Å². The number of phenols is 1. The van der Waals surface area contributed by atoms with Crippen molar-refractivity contribution >= 4 is 10.4 Å². The topological polar surface area (TPSA) is 86.7 Å². The second kappa shape index (κ2) is 5.89. The van der Waals surface area contributed by atoms with Gasteiger partial charge in [0.05, 0.1) is 0 Å². The van der Waals surface area contributed by atoms with E-state index in [4.69, 9.17) is 4.18 Å². The van der Waals surface area contributed by atoms with Crippen molar-refractivity contribution in [2.75, 3.05) is 0 Å². The van der Waals surface area contributed by atoms with Gasteiger partial charge in [0.25, 0.3) is 10.4 Å². The first-order valence-electron chi connectivity index (χ1n) is 8.22. The molecule has 0 saturated heterocycles. The Balaban J connectivity index is 2.05. The predicted molar refractivity (Wildman–Crippen MR) is 92.4 cm³/mol. The van der Waals surface area contributed by atoms with Crippen LogP contribution in [-0.2, 0) is 23.2 Å². The van der Waals surface area contributed by atoms with Crippen molar-refractivity contribution in [1.29, 1.82) is 0 Å². The fourth-order valence-electron chi connectivity index (χ4n) is 3.84. The maximum atomic E-state index is 11.2. The third kappa shape index (κ3) is 3.03. The normalized spacial score (nSPS) is 20.0. The highest BCUT2D eigenvalue weighted by molar-refractivity contribution is 7.81. The summed E-state index contributed by atoms with van der Waals surface area (Å²) in [5.74, 6) is 0.131. The molecular weight excluding hydrogens is 340 g/mol. The van der Waals surface area contributed by atoms with Crippen molar-refractivity contribution in [3.8, 4) is 22.6 Å². The highest BCUT2D eigenvalue weighted by Gasteiger charge is 2.29. The lowest BCUT2D eigenvalue weighted by atomic mass is 9.88. The van der Waals surface area contributed by atoms with E-state index in [9.17, 15) is 18.1 Å². The maximum Gasteiger partial charge on any atom is 0.262 e. The molecule has 0 radical (unpaired) electrons. The standard InChI is InChI=1S/C19H18O5S/c20-16-9-5-12-3-1-2-4-13-6-7-14-8-10-17(24-25(21,22)23)19(18(13)14)15(16)11-12/h2,4-5,8-11,13,20H,1,3,6-7H2,(H,21,22,23)/p-1/b4-2+/t13-/m1/s1. The molecule has 0 aromatic heterocycles. The molecule has 2 aliphatic carbocycles. The zero-order chi connectivity index (χ0) is 17.6. The Hall–Kier alpha value is -2.31. The predicted octanol–water partition coefficient (Wildman–Crippen LogP) is 3.43. The summed E-state index contributed by atoms with van der Waals surface area (Å²) in [4.78, 5) is 0. The molecule has 25 heavy (non-hydrogen) atoms. The van der Waals surface area contributed by atoms with E-state index in [-0.39, 0.29) is 17.4 Å². The molecule has 0 aliphatic heterocycles. The smallest absolute Gasteiger partial charge is 0.262 e. The number of aryl methyl sites for hydroxylation is 2. The van der Waals surface area contributed by atoms with Gasteiger partial charge < -0.3 is 13.8 Å². The van der Waals surface area contributed by atoms with Crippen LogP contribution < -0.4 is 4.18 Å². The molecule has 2 aromatic carbocycles. The lowest BCUT2D eigenvalue weighted by Crippen LogP contribution is -2.09. The van der Waals surface area contributed by atoms with Crippen LogP contribution >= 0.6 is 0 Å². The number of fused-ring (bicyclic) bond motifs is 3. The van der Waals surface area contributed by atoms with Crippen molar-refractivity contribution in [3.05, 3.63) is 59.2 Å². The Kier molecular flexibility index (Phi) is 3.81. The van der Waals surface area contributed by atoms with E-state index in [1.807, 2.05) is 12.1 Å². The van der Waals surface area contributed by atoms with Gasteiger partial charge in [-0.2, -0.15) is 0 Å². The second-order valence-corrected chi connectivity index (χ2v) is 7.45. The molecule has 0 heterocycles. The van der Waals surface area contributed by atoms with Crippen molar-refractivity contribution in [3.63, 3.8) is 0 Å². The molecule has 6 heteroatoms. The van der Waals surface area contributed by atoms with Gasteiger partial charge in [-0.15, -0.1) is 0 Å². The third-order valence-corrected chi connectivity index (χ3v) is 5.27. The van der Waals surface area contributed by atoms with Crippen LogP contribution in [0.25, 0.3) is 11.1 Å². The van der Waals surface area contributed by atoms with Crippen molar-refractivity contribution < 1.29 is 22.3 Å². The molecule has 5 nitrogen and oxygen atoms in total. The quantitative estimate of drug-likeness (QED) is 0.505. The van der Waals surface area contributed by atoms with Crippen LogP contribution in [0.1, 0.15) is 35.4 Å². The summed E-state index contributed by atoms with van der Waals surface area (Å²) in [6.45, 7) is 0. The molecule has 2 bridgehead atoms. The van der Waals surface area contributed by atoms with Crippen LogP contribution in [0.15, 0.2) is 42.5 Å². The minimum absolute atomic E-state index is 0.0259. The molecule has 2 aromatic rings. The van der Waals surface area contributed by atoms with Crippen LogP contribution in [0.3, 0.4) is 0 Å². The third-order valence-electron chi connectivity index (χ3n) is 4.88. The lowest BCUT2D eigenvalue weighted by molar-refractivity contribution is 0.372. The molecule has 0 fully saturated rings. The van der Waals surface area contributed by atoms with Crippen LogP contribution in [0.5, 0.6) is 11.5 Å². The van der Waals surface area contributed by atoms with E-state index in [2.05, 4.69) is 12.2 Å². The maximum absolute atomic E-state index is 11.2. The van der Waals surface area contributed by atoms with E-state index in [0.717, 1.165) is 42.4 Å². The Morgan fingerprint density at radius 2 is 2.00 bits per heavy atom. The number of benzene rings is 2. The first kappa shape index (κ1) is 16.2. The summed E-state index contributed by atoms with van der Waals surface area (Å²) in [5.41, 5.74) is 4.07. The van der Waals surface area contributed by atoms with Crippen molar-refractivity contribution in [2.24, 2.45) is 0 Å². The Bertz CT molecular complexity index is 976. The average molecular weight is 357 g/mol. The number of phenolic OH excluding ortho intramolecular Hbond substituents is 1. The largest absolute Gasteiger partial charge is 0.716 e. The minimum Gasteiger partial charge on any atom is -0.716 e. The zero-order valence-corrected chi connectivity index (χ0v) is 14.3. The van der Waals surface area contributed by atoms with E-state index in [1.165, 1.54) is 6.07 Å². The number of allylic oxidation sites excluding steroid dienone is 2. The molecule has 2 aliphatic rings. The molecule has 1 N–H and O–H groups in total. The second-order valence-electron chi connectivity index (χ2n) is 6.47. The molecule has 130 valence electrons. The molecule has 0 unspecified atom stereocenters. The van der Waals surface area contributed by atoms with Crippen molar-refractivity contribution in [1.82, 2.24) is 0 Å². The van der Waals surface area contributed by atoms with Gasteiger partial charge in [0.1, 0.15) is 11.5 Å². The number of aromatic hydroxyl groups is 1. The van der Waals surface area contributed by atoms with E-state index >= 15 is 0 Å². The minimum atomic E-state index is -4.91. The van der Waals surface area contributed by atoms with E-state index in [0.29, 0.717) is 11.1 Å². The average Bonchev–Trinajstić information content (AvgIpc) is 2.95. The number of rotatable bonds is 2. The van der Waals surface area contributed by atoms with Gasteiger partial charge in [0, 0.05) is 17.0 Å². The van der Waals surface area contributed by atoms with Gasteiger partial charge >= 0.3 is 0 Å². The summed E-state index contributed by atoms with van der Waals surface area (Å²) in [7, 11) is -4.91. The van der Waals surface area contributed by atoms with Gasteiger partial charge in [-0.1, -0.05) is 24.3 Å². The Morgan fingerprint density at radius 1 is 1.16 bits per heavy atom. The monoisotopic (exact) mass is 357 g/mol.